The van der Waals surface area contributed by atoms with E-state index >= 15 is 0 Å². The van der Waals surface area contributed by atoms with Crippen LogP contribution < -0.4 is 5.73 Å². The molecule has 0 fully saturated rings. The van der Waals surface area contributed by atoms with Gasteiger partial charge in [-0.2, -0.15) is 4.39 Å². The van der Waals surface area contributed by atoms with Crippen molar-refractivity contribution in [2.75, 3.05) is 11.6 Å². The van der Waals surface area contributed by atoms with Crippen molar-refractivity contribution in [1.82, 2.24) is 4.98 Å². The Labute approximate surface area is 74.6 Å². The number of alkyl halides is 1. The Morgan fingerprint density at radius 3 is 3.00 bits per heavy atom. The molecule has 62 valence electrons. The van der Waals surface area contributed by atoms with Gasteiger partial charge in [0.05, 0.1) is 11.6 Å². The highest BCUT2D eigenvalue weighted by atomic mass is 35.5. The molecule has 0 unspecified atom stereocenters. The third-order valence-electron chi connectivity index (χ3n) is 1.17. The molecular formula is C8H6ClFN2. The topological polar surface area (TPSA) is 38.9 Å². The highest BCUT2D eigenvalue weighted by Gasteiger charge is 1.97. The minimum Gasteiger partial charge on any atom is -0.396 e. The summed E-state index contributed by atoms with van der Waals surface area (Å²) in [5.41, 5.74) is 6.04. The molecule has 1 heterocycles. The van der Waals surface area contributed by atoms with E-state index in [2.05, 4.69) is 16.8 Å². The van der Waals surface area contributed by atoms with Crippen LogP contribution >= 0.6 is 11.6 Å². The molecule has 0 amide bonds. The lowest BCUT2D eigenvalue weighted by Crippen LogP contribution is -1.95. The van der Waals surface area contributed by atoms with E-state index in [1.54, 1.807) is 0 Å². The fourth-order valence-electron chi connectivity index (χ4n) is 0.663. The highest BCUT2D eigenvalue weighted by molar-refractivity contribution is 6.19. The molecule has 0 aliphatic rings. The molecule has 0 aromatic carbocycles. The zero-order valence-corrected chi connectivity index (χ0v) is 6.90. The van der Waals surface area contributed by atoms with Crippen LogP contribution in [0, 0.1) is 17.8 Å². The summed E-state index contributed by atoms with van der Waals surface area (Å²) in [7, 11) is 0. The van der Waals surface area contributed by atoms with Gasteiger partial charge in [-0.15, -0.1) is 11.6 Å². The van der Waals surface area contributed by atoms with Gasteiger partial charge in [-0.1, -0.05) is 5.92 Å². The van der Waals surface area contributed by atoms with Gasteiger partial charge in [0.1, 0.15) is 5.69 Å². The summed E-state index contributed by atoms with van der Waals surface area (Å²) in [6, 6.07) is 2.60. The first-order valence-corrected chi connectivity index (χ1v) is 3.74. The molecule has 0 saturated carbocycles. The van der Waals surface area contributed by atoms with Crippen molar-refractivity contribution in [3.05, 3.63) is 23.8 Å². The third kappa shape index (κ3) is 2.11. The summed E-state index contributed by atoms with van der Waals surface area (Å²) in [6.45, 7) is 0. The zero-order chi connectivity index (χ0) is 8.97. The average molecular weight is 185 g/mol. The van der Waals surface area contributed by atoms with Crippen molar-refractivity contribution in [3.63, 3.8) is 0 Å². The van der Waals surface area contributed by atoms with Crippen LogP contribution in [0.5, 0.6) is 0 Å². The predicted molar refractivity (Wildman–Crippen MR) is 46.2 cm³/mol. The molecular weight excluding hydrogens is 179 g/mol. The molecule has 0 aliphatic carbocycles. The second-order valence-corrected chi connectivity index (χ2v) is 2.27. The monoisotopic (exact) mass is 184 g/mol. The number of pyridine rings is 1. The lowest BCUT2D eigenvalue weighted by Gasteiger charge is -1.95. The maximum Gasteiger partial charge on any atom is 0.214 e. The summed E-state index contributed by atoms with van der Waals surface area (Å²) < 4.78 is 12.5. The maximum absolute atomic E-state index is 12.5. The summed E-state index contributed by atoms with van der Waals surface area (Å²) in [5, 5.41) is 0. The molecule has 1 rings (SSSR count). The highest BCUT2D eigenvalue weighted by Crippen LogP contribution is 2.06. The minimum atomic E-state index is -0.594. The second kappa shape index (κ2) is 3.93. The van der Waals surface area contributed by atoms with Crippen LogP contribution in [0.25, 0.3) is 0 Å². The van der Waals surface area contributed by atoms with E-state index in [1.165, 1.54) is 12.1 Å². The second-order valence-electron chi connectivity index (χ2n) is 2.01. The lowest BCUT2D eigenvalue weighted by atomic mass is 10.3. The molecule has 0 spiro atoms. The molecule has 2 N–H and O–H groups in total. The number of aromatic nitrogens is 1. The molecule has 2 nitrogen and oxygen atoms in total. The quantitative estimate of drug-likeness (QED) is 0.376. The van der Waals surface area contributed by atoms with Gasteiger partial charge < -0.3 is 5.73 Å². The number of nitrogen functional groups attached to an aromatic ring is 1. The van der Waals surface area contributed by atoms with Crippen LogP contribution in [0.3, 0.4) is 0 Å². The summed E-state index contributed by atoms with van der Waals surface area (Å²) in [4.78, 5) is 3.49. The molecule has 12 heavy (non-hydrogen) atoms. The van der Waals surface area contributed by atoms with Crippen molar-refractivity contribution >= 4 is 17.3 Å². The van der Waals surface area contributed by atoms with Crippen LogP contribution in [-0.2, 0) is 0 Å². The molecule has 0 bridgehead atoms. The Balaban J connectivity index is 3.05. The van der Waals surface area contributed by atoms with Gasteiger partial charge in [0, 0.05) is 0 Å². The average Bonchev–Trinajstić information content (AvgIpc) is 2.07. The van der Waals surface area contributed by atoms with Crippen molar-refractivity contribution in [2.45, 2.75) is 0 Å². The maximum atomic E-state index is 12.5. The number of halogens is 2. The summed E-state index contributed by atoms with van der Waals surface area (Å²) in [5.74, 6) is 4.67. The van der Waals surface area contributed by atoms with Crippen molar-refractivity contribution in [2.24, 2.45) is 0 Å². The van der Waals surface area contributed by atoms with Gasteiger partial charge in [0.25, 0.3) is 0 Å². The standard InChI is InChI=1S/C8H6ClFN2/c9-5-1-2-7-6(11)3-4-8(10)12-7/h3-4H,5,11H2. The van der Waals surface area contributed by atoms with Crippen LogP contribution in [0.2, 0.25) is 0 Å². The van der Waals surface area contributed by atoms with Gasteiger partial charge in [-0.05, 0) is 18.1 Å². The Morgan fingerprint density at radius 2 is 2.33 bits per heavy atom. The van der Waals surface area contributed by atoms with Crippen LogP contribution in [0.15, 0.2) is 12.1 Å². The number of hydrogen-bond acceptors (Lipinski definition) is 2. The molecule has 0 radical (unpaired) electrons. The largest absolute Gasteiger partial charge is 0.396 e. The van der Waals surface area contributed by atoms with E-state index in [0.29, 0.717) is 5.69 Å². The van der Waals surface area contributed by atoms with Gasteiger partial charge in [-0.3, -0.25) is 0 Å². The van der Waals surface area contributed by atoms with Crippen LogP contribution in [0.4, 0.5) is 10.1 Å². The minimum absolute atomic E-state index is 0.178. The normalized spacial score (nSPS) is 8.83. The Kier molecular flexibility index (Phi) is 2.89. The number of nitrogens with two attached hydrogens (primary N) is 1. The van der Waals surface area contributed by atoms with E-state index in [0.717, 1.165) is 0 Å². The Hall–Kier alpha value is -1.27. The Morgan fingerprint density at radius 1 is 1.58 bits per heavy atom. The third-order valence-corrected chi connectivity index (χ3v) is 1.30. The first-order chi connectivity index (χ1) is 5.74. The lowest BCUT2D eigenvalue weighted by molar-refractivity contribution is 0.583. The molecule has 0 atom stereocenters. The zero-order valence-electron chi connectivity index (χ0n) is 6.14. The fourth-order valence-corrected chi connectivity index (χ4v) is 0.730. The number of rotatable bonds is 0. The van der Waals surface area contributed by atoms with Crippen molar-refractivity contribution in [3.8, 4) is 11.8 Å². The first kappa shape index (κ1) is 8.82. The van der Waals surface area contributed by atoms with E-state index in [4.69, 9.17) is 17.3 Å². The first-order valence-electron chi connectivity index (χ1n) is 3.21. The summed E-state index contributed by atoms with van der Waals surface area (Å²) in [6.07, 6.45) is 0. The van der Waals surface area contributed by atoms with Crippen LogP contribution in [0.1, 0.15) is 5.69 Å². The van der Waals surface area contributed by atoms with Crippen molar-refractivity contribution in [1.29, 1.82) is 0 Å². The SMILES string of the molecule is Nc1ccc(F)nc1C#CCCl. The van der Waals surface area contributed by atoms with Gasteiger partial charge in [0.15, 0.2) is 0 Å². The van der Waals surface area contributed by atoms with Gasteiger partial charge in [-0.25, -0.2) is 4.98 Å². The smallest absolute Gasteiger partial charge is 0.214 e. The van der Waals surface area contributed by atoms with Gasteiger partial charge >= 0.3 is 0 Å². The number of anilines is 1. The Bertz CT molecular complexity index is 341. The van der Waals surface area contributed by atoms with E-state index in [1.807, 2.05) is 0 Å². The van der Waals surface area contributed by atoms with Crippen LogP contribution in [-0.4, -0.2) is 10.9 Å². The molecule has 1 aromatic heterocycles. The fraction of sp³-hybridized carbons (Fsp3) is 0.125. The number of nitrogens with zero attached hydrogens (tertiary/aromatic N) is 1. The van der Waals surface area contributed by atoms with E-state index in [-0.39, 0.29) is 11.6 Å². The predicted octanol–water partition coefficient (Wildman–Crippen LogP) is 1.39. The number of hydrogen-bond donors (Lipinski definition) is 1. The molecule has 4 heteroatoms. The molecule has 0 saturated heterocycles. The van der Waals surface area contributed by atoms with Gasteiger partial charge in [0.2, 0.25) is 5.95 Å². The summed E-state index contributed by atoms with van der Waals surface area (Å²) >= 11 is 5.31. The van der Waals surface area contributed by atoms with Crippen molar-refractivity contribution < 1.29 is 4.39 Å². The molecule has 1 aromatic rings. The van der Waals surface area contributed by atoms with E-state index < -0.39 is 5.95 Å². The van der Waals surface area contributed by atoms with E-state index in [9.17, 15) is 4.39 Å². The molecule has 0 aliphatic heterocycles.